The largest absolute Gasteiger partial charge is 0.497 e. The van der Waals surface area contributed by atoms with Crippen molar-refractivity contribution in [3.63, 3.8) is 0 Å². The number of aryl methyl sites for hydroxylation is 1. The second kappa shape index (κ2) is 10.1. The molecular formula is C21H23NO5. The van der Waals surface area contributed by atoms with E-state index >= 15 is 0 Å². The molecule has 0 fully saturated rings. The number of carbonyl (C=O) groups is 3. The number of carbonyl (C=O) groups excluding carboxylic acids is 3. The van der Waals surface area contributed by atoms with E-state index in [2.05, 4.69) is 5.32 Å². The Labute approximate surface area is 158 Å². The summed E-state index contributed by atoms with van der Waals surface area (Å²) in [5, 5.41) is 2.68. The number of amides is 1. The van der Waals surface area contributed by atoms with Crippen molar-refractivity contribution < 1.29 is 23.9 Å². The van der Waals surface area contributed by atoms with Gasteiger partial charge in [0.2, 0.25) is 5.91 Å². The predicted molar refractivity (Wildman–Crippen MR) is 102 cm³/mol. The lowest BCUT2D eigenvalue weighted by atomic mass is 10.1. The van der Waals surface area contributed by atoms with Crippen molar-refractivity contribution in [1.29, 1.82) is 0 Å². The van der Waals surface area contributed by atoms with Gasteiger partial charge in [-0.05, 0) is 36.2 Å². The summed E-state index contributed by atoms with van der Waals surface area (Å²) in [4.78, 5) is 35.6. The molecule has 2 rings (SSSR count). The van der Waals surface area contributed by atoms with Crippen molar-refractivity contribution in [3.05, 3.63) is 59.7 Å². The average molecular weight is 369 g/mol. The second-order valence-electron chi connectivity index (χ2n) is 5.91. The molecule has 0 bridgehead atoms. The van der Waals surface area contributed by atoms with Crippen molar-refractivity contribution in [3.8, 4) is 5.75 Å². The summed E-state index contributed by atoms with van der Waals surface area (Å²) in [5.74, 6) is -0.476. The van der Waals surface area contributed by atoms with Gasteiger partial charge in [-0.25, -0.2) is 0 Å². The molecule has 1 amide bonds. The average Bonchev–Trinajstić information content (AvgIpc) is 2.71. The summed E-state index contributed by atoms with van der Waals surface area (Å²) >= 11 is 0. The van der Waals surface area contributed by atoms with Crippen molar-refractivity contribution in [2.45, 2.75) is 26.2 Å². The Hall–Kier alpha value is -3.15. The van der Waals surface area contributed by atoms with Gasteiger partial charge in [-0.3, -0.25) is 14.4 Å². The molecule has 0 atom stereocenters. The van der Waals surface area contributed by atoms with Crippen LogP contribution in [0.25, 0.3) is 0 Å². The van der Waals surface area contributed by atoms with Crippen LogP contribution >= 0.6 is 0 Å². The normalized spacial score (nSPS) is 10.1. The molecule has 2 aromatic carbocycles. The van der Waals surface area contributed by atoms with E-state index in [0.717, 1.165) is 12.0 Å². The molecule has 0 heterocycles. The quantitative estimate of drug-likeness (QED) is 0.541. The number of benzene rings is 2. The van der Waals surface area contributed by atoms with Gasteiger partial charge in [0.25, 0.3) is 0 Å². The molecule has 0 saturated heterocycles. The monoisotopic (exact) mass is 369 g/mol. The molecule has 0 aliphatic heterocycles. The highest BCUT2D eigenvalue weighted by Crippen LogP contribution is 2.15. The smallest absolute Gasteiger partial charge is 0.306 e. The highest BCUT2D eigenvalue weighted by molar-refractivity contribution is 5.98. The number of Topliss-reactive ketones (excluding diaryl/α,β-unsaturated/α-hetero) is 1. The molecule has 0 saturated carbocycles. The van der Waals surface area contributed by atoms with Crippen molar-refractivity contribution in [1.82, 2.24) is 0 Å². The van der Waals surface area contributed by atoms with E-state index in [1.54, 1.807) is 43.5 Å². The molecule has 0 unspecified atom stereocenters. The van der Waals surface area contributed by atoms with Crippen LogP contribution in [0.4, 0.5) is 5.69 Å². The molecule has 0 aromatic heterocycles. The lowest BCUT2D eigenvalue weighted by Crippen LogP contribution is -2.17. The van der Waals surface area contributed by atoms with Gasteiger partial charge in [0.15, 0.2) is 12.4 Å². The lowest BCUT2D eigenvalue weighted by Gasteiger charge is -2.07. The summed E-state index contributed by atoms with van der Waals surface area (Å²) in [5.41, 5.74) is 2.24. The standard InChI is InChI=1S/C21H23NO5/c1-3-15-4-6-16(7-5-15)19(23)14-27-21(25)13-12-20(24)22-17-8-10-18(26-2)11-9-17/h4-11H,3,12-14H2,1-2H3,(H,22,24). The Morgan fingerprint density at radius 2 is 1.59 bits per heavy atom. The van der Waals surface area contributed by atoms with Gasteiger partial charge in [-0.1, -0.05) is 31.2 Å². The number of anilines is 1. The fraction of sp³-hybridized carbons (Fsp3) is 0.286. The fourth-order valence-corrected chi connectivity index (χ4v) is 2.34. The Bertz CT molecular complexity index is 781. The molecule has 27 heavy (non-hydrogen) atoms. The number of methoxy groups -OCH3 is 1. The third kappa shape index (κ3) is 6.58. The molecule has 1 N–H and O–H groups in total. The lowest BCUT2D eigenvalue weighted by molar-refractivity contribution is -0.143. The zero-order chi connectivity index (χ0) is 19.6. The topological polar surface area (TPSA) is 81.7 Å². The number of ketones is 1. The van der Waals surface area contributed by atoms with E-state index in [9.17, 15) is 14.4 Å². The number of hydrogen-bond donors (Lipinski definition) is 1. The highest BCUT2D eigenvalue weighted by atomic mass is 16.5. The molecule has 6 nitrogen and oxygen atoms in total. The molecule has 0 spiro atoms. The molecule has 142 valence electrons. The fourth-order valence-electron chi connectivity index (χ4n) is 2.34. The van der Waals surface area contributed by atoms with E-state index in [-0.39, 0.29) is 31.1 Å². The second-order valence-corrected chi connectivity index (χ2v) is 5.91. The maximum Gasteiger partial charge on any atom is 0.306 e. The molecule has 0 aliphatic carbocycles. The molecular weight excluding hydrogens is 346 g/mol. The third-order valence-corrected chi connectivity index (χ3v) is 3.98. The van der Waals surface area contributed by atoms with E-state index in [0.29, 0.717) is 17.0 Å². The SMILES string of the molecule is CCc1ccc(C(=O)COC(=O)CCC(=O)Nc2ccc(OC)cc2)cc1. The predicted octanol–water partition coefficient (Wildman–Crippen LogP) is 3.40. The van der Waals surface area contributed by atoms with E-state index in [1.807, 2.05) is 19.1 Å². The minimum absolute atomic E-state index is 0.0236. The summed E-state index contributed by atoms with van der Waals surface area (Å²) in [6, 6.07) is 14.0. The van der Waals surface area contributed by atoms with Gasteiger partial charge in [0, 0.05) is 17.7 Å². The highest BCUT2D eigenvalue weighted by Gasteiger charge is 2.12. The maximum absolute atomic E-state index is 12.0. The van der Waals surface area contributed by atoms with E-state index in [4.69, 9.17) is 9.47 Å². The van der Waals surface area contributed by atoms with Gasteiger partial charge >= 0.3 is 5.97 Å². The van der Waals surface area contributed by atoms with Crippen LogP contribution in [-0.4, -0.2) is 31.4 Å². The van der Waals surface area contributed by atoms with Crippen LogP contribution in [-0.2, 0) is 20.7 Å². The summed E-state index contributed by atoms with van der Waals surface area (Å²) in [7, 11) is 1.56. The number of hydrogen-bond acceptors (Lipinski definition) is 5. The zero-order valence-electron chi connectivity index (χ0n) is 15.5. The summed E-state index contributed by atoms with van der Waals surface area (Å²) in [6.45, 7) is 1.70. The molecule has 2 aromatic rings. The first-order valence-electron chi connectivity index (χ1n) is 8.73. The van der Waals surface area contributed by atoms with Gasteiger partial charge in [-0.2, -0.15) is 0 Å². The van der Waals surface area contributed by atoms with Crippen LogP contribution in [0.3, 0.4) is 0 Å². The van der Waals surface area contributed by atoms with Crippen molar-refractivity contribution >= 4 is 23.3 Å². The van der Waals surface area contributed by atoms with Crippen molar-refractivity contribution in [2.75, 3.05) is 19.0 Å². The number of esters is 1. The Morgan fingerprint density at radius 1 is 0.926 bits per heavy atom. The minimum atomic E-state index is -0.585. The Kier molecular flexibility index (Phi) is 7.55. The van der Waals surface area contributed by atoms with Crippen LogP contribution in [0.15, 0.2) is 48.5 Å². The van der Waals surface area contributed by atoms with Crippen LogP contribution in [0.5, 0.6) is 5.75 Å². The Morgan fingerprint density at radius 3 is 2.19 bits per heavy atom. The molecule has 0 aliphatic rings. The summed E-state index contributed by atoms with van der Waals surface area (Å²) in [6.07, 6.45) is 0.774. The number of ether oxygens (including phenoxy) is 2. The van der Waals surface area contributed by atoms with Crippen LogP contribution in [0.1, 0.15) is 35.7 Å². The first-order valence-corrected chi connectivity index (χ1v) is 8.73. The van der Waals surface area contributed by atoms with E-state index < -0.39 is 5.97 Å². The molecule has 6 heteroatoms. The van der Waals surface area contributed by atoms with Crippen LogP contribution in [0, 0.1) is 0 Å². The zero-order valence-corrected chi connectivity index (χ0v) is 15.5. The van der Waals surface area contributed by atoms with Gasteiger partial charge < -0.3 is 14.8 Å². The first-order chi connectivity index (χ1) is 13.0. The third-order valence-electron chi connectivity index (χ3n) is 3.98. The summed E-state index contributed by atoms with van der Waals surface area (Å²) < 4.78 is 10.0. The number of rotatable bonds is 9. The minimum Gasteiger partial charge on any atom is -0.497 e. The number of nitrogens with one attached hydrogen (secondary N) is 1. The Balaban J connectivity index is 1.71. The molecule has 0 radical (unpaired) electrons. The van der Waals surface area contributed by atoms with E-state index in [1.165, 1.54) is 0 Å². The first kappa shape index (κ1) is 20.2. The van der Waals surface area contributed by atoms with Gasteiger partial charge in [0.05, 0.1) is 13.5 Å². The van der Waals surface area contributed by atoms with Gasteiger partial charge in [-0.15, -0.1) is 0 Å². The van der Waals surface area contributed by atoms with Gasteiger partial charge in [0.1, 0.15) is 5.75 Å². The van der Waals surface area contributed by atoms with Crippen LogP contribution < -0.4 is 10.1 Å². The van der Waals surface area contributed by atoms with Crippen molar-refractivity contribution in [2.24, 2.45) is 0 Å². The van der Waals surface area contributed by atoms with Crippen LogP contribution in [0.2, 0.25) is 0 Å². The maximum atomic E-state index is 12.0.